The van der Waals surface area contributed by atoms with E-state index in [1.165, 1.54) is 28.6 Å². The highest BCUT2D eigenvalue weighted by atomic mass is 79.9. The normalized spacial score (nSPS) is 17.4. The first kappa shape index (κ1) is 26.2. The number of hydrogen-bond donors (Lipinski definition) is 1. The molecule has 1 aliphatic carbocycles. The maximum absolute atomic E-state index is 13.5. The van der Waals surface area contributed by atoms with Crippen LogP contribution in [0.15, 0.2) is 76.1 Å². The number of piperazine rings is 1. The Hall–Kier alpha value is -2.46. The van der Waals surface area contributed by atoms with Crippen molar-refractivity contribution in [1.29, 1.82) is 0 Å². The first-order valence-corrected chi connectivity index (χ1v) is 14.6. The summed E-state index contributed by atoms with van der Waals surface area (Å²) in [5, 5.41) is 3.19. The van der Waals surface area contributed by atoms with Gasteiger partial charge < -0.3 is 10.2 Å². The fourth-order valence-corrected chi connectivity index (χ4v) is 6.81. The summed E-state index contributed by atoms with van der Waals surface area (Å²) in [4.78, 5) is 15.1. The number of hydrogen-bond acceptors (Lipinski definition) is 4. The average molecular weight is 607 g/mol. The molecule has 2 aliphatic rings. The summed E-state index contributed by atoms with van der Waals surface area (Å²) in [5.41, 5.74) is 1.91. The molecule has 5 rings (SSSR count). The molecule has 37 heavy (non-hydrogen) atoms. The van der Waals surface area contributed by atoms with Crippen LogP contribution in [0.3, 0.4) is 0 Å². The molecular weight excluding hydrogens is 581 g/mol. The maximum atomic E-state index is 13.5. The van der Waals surface area contributed by atoms with Crippen LogP contribution in [0.5, 0.6) is 0 Å². The van der Waals surface area contributed by atoms with Gasteiger partial charge in [0, 0.05) is 47.4 Å². The van der Waals surface area contributed by atoms with Crippen LogP contribution >= 0.6 is 27.5 Å². The van der Waals surface area contributed by atoms with E-state index in [0.29, 0.717) is 19.5 Å². The number of sulfonamides is 1. The molecule has 0 bridgehead atoms. The summed E-state index contributed by atoms with van der Waals surface area (Å²) < 4.78 is 42.6. The Morgan fingerprint density at radius 2 is 1.62 bits per heavy atom. The third-order valence-electron chi connectivity index (χ3n) is 6.93. The van der Waals surface area contributed by atoms with Crippen molar-refractivity contribution in [3.8, 4) is 0 Å². The van der Waals surface area contributed by atoms with Crippen LogP contribution in [0.1, 0.15) is 28.8 Å². The van der Waals surface area contributed by atoms with Crippen molar-refractivity contribution >= 4 is 49.1 Å². The molecule has 1 N–H and O–H groups in total. The Morgan fingerprint density at radius 1 is 0.973 bits per heavy atom. The van der Waals surface area contributed by atoms with E-state index in [9.17, 15) is 17.6 Å². The second-order valence-corrected chi connectivity index (χ2v) is 12.8. The summed E-state index contributed by atoms with van der Waals surface area (Å²) in [7, 11) is -3.91. The van der Waals surface area contributed by atoms with Gasteiger partial charge in [-0.1, -0.05) is 39.7 Å². The molecule has 10 heteroatoms. The number of nitrogens with zero attached hydrogens (tertiary/aromatic N) is 2. The van der Waals surface area contributed by atoms with Gasteiger partial charge in [0.05, 0.1) is 5.02 Å². The predicted molar refractivity (Wildman–Crippen MR) is 146 cm³/mol. The highest BCUT2D eigenvalue weighted by Gasteiger charge is 2.44. The summed E-state index contributed by atoms with van der Waals surface area (Å²) >= 11 is 9.76. The lowest BCUT2D eigenvalue weighted by Gasteiger charge is -2.35. The fraction of sp³-hybridized carbons (Fsp3) is 0.296. The van der Waals surface area contributed by atoms with Gasteiger partial charge in [-0.15, -0.1) is 0 Å². The molecular formula is C27H26BrClFN3O3S. The number of anilines is 1. The Balaban J connectivity index is 1.28. The van der Waals surface area contributed by atoms with E-state index in [-0.39, 0.29) is 45.8 Å². The van der Waals surface area contributed by atoms with E-state index in [0.717, 1.165) is 28.6 Å². The Morgan fingerprint density at radius 3 is 2.24 bits per heavy atom. The smallest absolute Gasteiger partial charge is 0.251 e. The van der Waals surface area contributed by atoms with Gasteiger partial charge in [0.15, 0.2) is 0 Å². The minimum Gasteiger partial charge on any atom is -0.369 e. The number of amides is 1. The quantitative estimate of drug-likeness (QED) is 0.399. The maximum Gasteiger partial charge on any atom is 0.251 e. The molecule has 1 saturated carbocycles. The lowest BCUT2D eigenvalue weighted by molar-refractivity contribution is 0.0931. The van der Waals surface area contributed by atoms with E-state index in [1.54, 1.807) is 18.2 Å². The van der Waals surface area contributed by atoms with Crippen molar-refractivity contribution in [3.63, 3.8) is 0 Å². The van der Waals surface area contributed by atoms with Crippen molar-refractivity contribution in [2.45, 2.75) is 29.7 Å². The molecule has 6 nitrogen and oxygen atoms in total. The summed E-state index contributed by atoms with van der Waals surface area (Å²) in [6.45, 7) is 1.42. The van der Waals surface area contributed by atoms with Gasteiger partial charge in [-0.3, -0.25) is 4.79 Å². The molecule has 194 valence electrons. The zero-order valence-electron chi connectivity index (χ0n) is 20.0. The van der Waals surface area contributed by atoms with Gasteiger partial charge in [-0.05, 0) is 79.4 Å². The standard InChI is InChI=1S/C27H26BrClFN3O3S/c28-21-4-1-19(2-5-21)18-27(11-12-27)31-26(34)20-3-10-24(29)25(17-20)37(35,36)33-15-13-32(14-16-33)23-8-6-22(30)7-9-23/h1-10,17H,11-16,18H2,(H,31,34). The average Bonchev–Trinajstić information content (AvgIpc) is 3.64. The SMILES string of the molecule is O=C(NC1(Cc2ccc(Br)cc2)CC1)c1ccc(Cl)c(S(=O)(=O)N2CCN(c3ccc(F)cc3)CC2)c1. The third kappa shape index (κ3) is 5.85. The van der Waals surface area contributed by atoms with Gasteiger partial charge in [0.25, 0.3) is 5.91 Å². The number of rotatable bonds is 7. The van der Waals surface area contributed by atoms with Crippen molar-refractivity contribution in [2.75, 3.05) is 31.1 Å². The Labute approximate surface area is 229 Å². The first-order valence-electron chi connectivity index (χ1n) is 12.0. The van der Waals surface area contributed by atoms with Crippen LogP contribution in [0.25, 0.3) is 0 Å². The molecule has 1 heterocycles. The zero-order chi connectivity index (χ0) is 26.2. The minimum absolute atomic E-state index is 0.0743. The Bertz CT molecular complexity index is 1410. The molecule has 2 fully saturated rings. The second-order valence-electron chi connectivity index (χ2n) is 9.55. The van der Waals surface area contributed by atoms with Crippen LogP contribution in [-0.2, 0) is 16.4 Å². The first-order chi connectivity index (χ1) is 17.6. The molecule has 1 saturated heterocycles. The van der Waals surface area contributed by atoms with E-state index in [2.05, 4.69) is 21.2 Å². The van der Waals surface area contributed by atoms with Crippen LogP contribution in [-0.4, -0.2) is 50.3 Å². The largest absolute Gasteiger partial charge is 0.369 e. The summed E-state index contributed by atoms with van der Waals surface area (Å²) in [5.74, 6) is -0.631. The van der Waals surface area contributed by atoms with Crippen molar-refractivity contribution in [1.82, 2.24) is 9.62 Å². The number of carbonyl (C=O) groups is 1. The van der Waals surface area contributed by atoms with Gasteiger partial charge in [0.2, 0.25) is 10.0 Å². The third-order valence-corrected chi connectivity index (χ3v) is 9.84. The molecule has 1 amide bonds. The molecule has 0 unspecified atom stereocenters. The van der Waals surface area contributed by atoms with Crippen LogP contribution in [0.2, 0.25) is 5.02 Å². The second kappa shape index (κ2) is 10.4. The van der Waals surface area contributed by atoms with Gasteiger partial charge in [-0.25, -0.2) is 12.8 Å². The van der Waals surface area contributed by atoms with Gasteiger partial charge in [0.1, 0.15) is 10.7 Å². The number of nitrogens with one attached hydrogen (secondary N) is 1. The molecule has 3 aromatic rings. The minimum atomic E-state index is -3.91. The molecule has 3 aromatic carbocycles. The zero-order valence-corrected chi connectivity index (χ0v) is 23.1. The Kier molecular flexibility index (Phi) is 7.33. The topological polar surface area (TPSA) is 69.7 Å². The molecule has 1 aliphatic heterocycles. The van der Waals surface area contributed by atoms with E-state index in [1.807, 2.05) is 29.2 Å². The molecule has 0 atom stereocenters. The van der Waals surface area contributed by atoms with Crippen molar-refractivity contribution in [3.05, 3.63) is 93.2 Å². The molecule has 0 aromatic heterocycles. The van der Waals surface area contributed by atoms with E-state index < -0.39 is 10.0 Å². The monoisotopic (exact) mass is 605 g/mol. The number of halogens is 3. The lowest BCUT2D eigenvalue weighted by Crippen LogP contribution is -2.48. The fourth-order valence-electron chi connectivity index (χ4n) is 4.62. The van der Waals surface area contributed by atoms with E-state index >= 15 is 0 Å². The highest BCUT2D eigenvalue weighted by Crippen LogP contribution is 2.39. The number of carbonyl (C=O) groups excluding carboxylic acids is 1. The van der Waals surface area contributed by atoms with Gasteiger partial charge >= 0.3 is 0 Å². The summed E-state index contributed by atoms with van der Waals surface area (Å²) in [6.07, 6.45) is 2.45. The van der Waals surface area contributed by atoms with Crippen LogP contribution in [0, 0.1) is 5.82 Å². The molecule has 0 spiro atoms. The van der Waals surface area contributed by atoms with Crippen LogP contribution < -0.4 is 10.2 Å². The van der Waals surface area contributed by atoms with E-state index in [4.69, 9.17) is 11.6 Å². The van der Waals surface area contributed by atoms with Crippen molar-refractivity contribution < 1.29 is 17.6 Å². The molecule has 0 radical (unpaired) electrons. The van der Waals surface area contributed by atoms with Crippen LogP contribution in [0.4, 0.5) is 10.1 Å². The van der Waals surface area contributed by atoms with Gasteiger partial charge in [-0.2, -0.15) is 4.31 Å². The predicted octanol–water partition coefficient (Wildman–Crippen LogP) is 5.26. The highest BCUT2D eigenvalue weighted by molar-refractivity contribution is 9.10. The summed E-state index contributed by atoms with van der Waals surface area (Å²) in [6, 6.07) is 18.5. The lowest BCUT2D eigenvalue weighted by atomic mass is 10.0. The van der Waals surface area contributed by atoms with Crippen molar-refractivity contribution in [2.24, 2.45) is 0 Å². The number of benzene rings is 3.